The lowest BCUT2D eigenvalue weighted by atomic mass is 10.1. The number of hydrogen-bond acceptors (Lipinski definition) is 4. The van der Waals surface area contributed by atoms with Crippen molar-refractivity contribution in [3.05, 3.63) is 67.5 Å². The van der Waals surface area contributed by atoms with Gasteiger partial charge in [-0.3, -0.25) is 9.36 Å². The van der Waals surface area contributed by atoms with Crippen molar-refractivity contribution in [1.29, 1.82) is 0 Å². The molecule has 6 heteroatoms. The van der Waals surface area contributed by atoms with E-state index in [0.717, 1.165) is 5.56 Å². The number of aromatic amines is 1. The molecule has 5 nitrogen and oxygen atoms in total. The van der Waals surface area contributed by atoms with E-state index in [1.807, 2.05) is 35.8 Å². The number of thiophene rings is 1. The minimum Gasteiger partial charge on any atom is -0.307 e. The van der Waals surface area contributed by atoms with Gasteiger partial charge >= 0.3 is 5.69 Å². The molecular formula is C16H17N3O2S. The molecule has 0 saturated heterocycles. The number of benzene rings is 1. The zero-order valence-electron chi connectivity index (χ0n) is 12.4. The Kier molecular flexibility index (Phi) is 3.96. The van der Waals surface area contributed by atoms with Crippen molar-refractivity contribution in [3.8, 4) is 0 Å². The normalized spacial score (nSPS) is 12.9. The maximum atomic E-state index is 12.6. The average Bonchev–Trinajstić information content (AvgIpc) is 3.00. The van der Waals surface area contributed by atoms with E-state index in [-0.39, 0.29) is 17.3 Å². The van der Waals surface area contributed by atoms with Gasteiger partial charge in [0.2, 0.25) is 0 Å². The highest BCUT2D eigenvalue weighted by Crippen LogP contribution is 2.21. The van der Waals surface area contributed by atoms with Crippen LogP contribution in [0.4, 0.5) is 0 Å². The van der Waals surface area contributed by atoms with Crippen molar-refractivity contribution in [3.63, 3.8) is 0 Å². The van der Waals surface area contributed by atoms with Crippen LogP contribution in [0.2, 0.25) is 0 Å². The summed E-state index contributed by atoms with van der Waals surface area (Å²) >= 11 is 1.61. The van der Waals surface area contributed by atoms with E-state index in [9.17, 15) is 9.59 Å². The molecule has 22 heavy (non-hydrogen) atoms. The molecule has 3 aromatic rings. The highest BCUT2D eigenvalue weighted by atomic mass is 32.1. The van der Waals surface area contributed by atoms with Crippen molar-refractivity contribution in [2.75, 3.05) is 14.1 Å². The standard InChI is InChI=1S/C16H17N3O2S/c1-18(2)14(11-7-8-22-10-11)9-19-15(20)12-5-3-4-6-13(12)17-16(19)21/h3-8,10,14H,9H2,1-2H3,(H,17,21). The molecule has 0 saturated carbocycles. The molecule has 3 rings (SSSR count). The van der Waals surface area contributed by atoms with Gasteiger partial charge in [0.1, 0.15) is 0 Å². The highest BCUT2D eigenvalue weighted by Gasteiger charge is 2.18. The second-order valence-electron chi connectivity index (χ2n) is 5.43. The van der Waals surface area contributed by atoms with E-state index in [4.69, 9.17) is 0 Å². The van der Waals surface area contributed by atoms with Crippen LogP contribution in [0.15, 0.2) is 50.7 Å². The molecule has 1 N–H and O–H groups in total. The molecule has 0 amide bonds. The summed E-state index contributed by atoms with van der Waals surface area (Å²) in [7, 11) is 3.89. The summed E-state index contributed by atoms with van der Waals surface area (Å²) in [4.78, 5) is 29.7. The monoisotopic (exact) mass is 315 g/mol. The predicted molar refractivity (Wildman–Crippen MR) is 89.6 cm³/mol. The van der Waals surface area contributed by atoms with Crippen LogP contribution in [-0.2, 0) is 6.54 Å². The fraction of sp³-hybridized carbons (Fsp3) is 0.250. The molecule has 1 unspecified atom stereocenters. The minimum atomic E-state index is -0.370. The topological polar surface area (TPSA) is 58.1 Å². The van der Waals surface area contributed by atoms with Crippen molar-refractivity contribution in [2.24, 2.45) is 0 Å². The Bertz CT molecular complexity index is 894. The zero-order chi connectivity index (χ0) is 15.7. The zero-order valence-corrected chi connectivity index (χ0v) is 13.3. The smallest absolute Gasteiger partial charge is 0.307 e. The van der Waals surface area contributed by atoms with Gasteiger partial charge in [-0.25, -0.2) is 4.79 Å². The quantitative estimate of drug-likeness (QED) is 0.802. The Morgan fingerprint density at radius 3 is 2.68 bits per heavy atom. The Labute approximate surface area is 131 Å². The highest BCUT2D eigenvalue weighted by molar-refractivity contribution is 7.07. The molecule has 0 aliphatic rings. The van der Waals surface area contributed by atoms with Crippen LogP contribution in [0.5, 0.6) is 0 Å². The third-order valence-electron chi connectivity index (χ3n) is 3.80. The molecule has 2 aromatic heterocycles. The lowest BCUT2D eigenvalue weighted by molar-refractivity contribution is 0.264. The summed E-state index contributed by atoms with van der Waals surface area (Å²) in [6.45, 7) is 0.322. The Balaban J connectivity index is 2.10. The molecule has 0 fully saturated rings. The number of nitrogens with zero attached hydrogens (tertiary/aromatic N) is 2. The van der Waals surface area contributed by atoms with Gasteiger partial charge in [0.05, 0.1) is 23.5 Å². The molecule has 0 bridgehead atoms. The molecule has 0 aliphatic carbocycles. The molecule has 114 valence electrons. The first-order valence-corrected chi connectivity index (χ1v) is 7.92. The van der Waals surface area contributed by atoms with Gasteiger partial charge in [0.15, 0.2) is 0 Å². The molecule has 0 spiro atoms. The van der Waals surface area contributed by atoms with E-state index in [1.54, 1.807) is 35.6 Å². The second kappa shape index (κ2) is 5.90. The van der Waals surface area contributed by atoms with Crippen LogP contribution >= 0.6 is 11.3 Å². The molecule has 0 radical (unpaired) electrons. The van der Waals surface area contributed by atoms with Crippen LogP contribution in [0, 0.1) is 0 Å². The summed E-state index contributed by atoms with van der Waals surface area (Å²) in [6.07, 6.45) is 0. The summed E-state index contributed by atoms with van der Waals surface area (Å²) < 4.78 is 1.28. The molecule has 1 aromatic carbocycles. The summed E-state index contributed by atoms with van der Waals surface area (Å²) in [5.74, 6) is 0. The first kappa shape index (κ1) is 14.7. The fourth-order valence-electron chi connectivity index (χ4n) is 2.57. The van der Waals surface area contributed by atoms with Crippen LogP contribution in [0.25, 0.3) is 10.9 Å². The maximum Gasteiger partial charge on any atom is 0.328 e. The van der Waals surface area contributed by atoms with Gasteiger partial charge in [-0.1, -0.05) is 12.1 Å². The fourth-order valence-corrected chi connectivity index (χ4v) is 3.28. The van der Waals surface area contributed by atoms with E-state index < -0.39 is 0 Å². The van der Waals surface area contributed by atoms with Crippen LogP contribution in [0.3, 0.4) is 0 Å². The minimum absolute atomic E-state index is 0.0220. The van der Waals surface area contributed by atoms with Gasteiger partial charge in [-0.2, -0.15) is 11.3 Å². The lowest BCUT2D eigenvalue weighted by Crippen LogP contribution is -2.39. The second-order valence-corrected chi connectivity index (χ2v) is 6.21. The number of likely N-dealkylation sites (N-methyl/N-ethyl adjacent to an activating group) is 1. The van der Waals surface area contributed by atoms with Gasteiger partial charge < -0.3 is 9.88 Å². The van der Waals surface area contributed by atoms with E-state index in [0.29, 0.717) is 17.4 Å². The maximum absolute atomic E-state index is 12.6. The summed E-state index contributed by atoms with van der Waals surface area (Å²) in [5, 5.41) is 4.58. The van der Waals surface area contributed by atoms with Gasteiger partial charge in [0, 0.05) is 0 Å². The third-order valence-corrected chi connectivity index (χ3v) is 4.50. The Hall–Kier alpha value is -2.18. The third kappa shape index (κ3) is 2.63. The Morgan fingerprint density at radius 2 is 2.00 bits per heavy atom. The number of hydrogen-bond donors (Lipinski definition) is 1. The van der Waals surface area contributed by atoms with E-state index >= 15 is 0 Å². The van der Waals surface area contributed by atoms with Crippen molar-refractivity contribution in [1.82, 2.24) is 14.5 Å². The lowest BCUT2D eigenvalue weighted by Gasteiger charge is -2.24. The van der Waals surface area contributed by atoms with E-state index in [1.165, 1.54) is 4.57 Å². The summed E-state index contributed by atoms with van der Waals surface area (Å²) in [6, 6.07) is 9.08. The largest absolute Gasteiger partial charge is 0.328 e. The molecular weight excluding hydrogens is 298 g/mol. The van der Waals surface area contributed by atoms with Crippen molar-refractivity contribution >= 4 is 22.2 Å². The van der Waals surface area contributed by atoms with Crippen LogP contribution in [0.1, 0.15) is 11.6 Å². The van der Waals surface area contributed by atoms with Gasteiger partial charge in [0.25, 0.3) is 5.56 Å². The summed E-state index contributed by atoms with van der Waals surface area (Å²) in [5.41, 5.74) is 1.06. The molecule has 0 aliphatic heterocycles. The first-order valence-electron chi connectivity index (χ1n) is 6.98. The van der Waals surface area contributed by atoms with E-state index in [2.05, 4.69) is 4.98 Å². The van der Waals surface area contributed by atoms with Crippen LogP contribution in [-0.4, -0.2) is 28.5 Å². The molecule has 1 atom stereocenters. The van der Waals surface area contributed by atoms with Crippen molar-refractivity contribution < 1.29 is 0 Å². The van der Waals surface area contributed by atoms with Gasteiger partial charge in [-0.15, -0.1) is 0 Å². The number of fused-ring (bicyclic) bond motifs is 1. The number of H-pyrrole nitrogens is 1. The average molecular weight is 315 g/mol. The predicted octanol–water partition coefficient (Wildman–Crippen LogP) is 2.05. The van der Waals surface area contributed by atoms with Crippen molar-refractivity contribution in [2.45, 2.75) is 12.6 Å². The SMILES string of the molecule is CN(C)C(Cn1c(=O)[nH]c2ccccc2c1=O)c1ccsc1. The Morgan fingerprint density at radius 1 is 1.23 bits per heavy atom. The molecule has 2 heterocycles. The first-order chi connectivity index (χ1) is 10.6. The number of nitrogens with one attached hydrogen (secondary N) is 1. The van der Waals surface area contributed by atoms with Gasteiger partial charge in [-0.05, 0) is 48.6 Å². The number of aromatic nitrogens is 2. The number of para-hydroxylation sites is 1. The van der Waals surface area contributed by atoms with Crippen LogP contribution < -0.4 is 11.2 Å². The number of rotatable bonds is 4.